The Morgan fingerprint density at radius 3 is 2.51 bits per heavy atom. The third-order valence-electron chi connectivity index (χ3n) is 7.27. The van der Waals surface area contributed by atoms with Gasteiger partial charge in [0.25, 0.3) is 0 Å². The molecule has 0 fully saturated rings. The molecule has 0 aliphatic rings. The molecule has 7 nitrogen and oxygen atoms in total. The van der Waals surface area contributed by atoms with E-state index < -0.39 is 0 Å². The number of hydrogen-bond acceptors (Lipinski definition) is 5. The summed E-state index contributed by atoms with van der Waals surface area (Å²) in [4.78, 5) is 17.4. The molecule has 1 heterocycles. The molecule has 0 unspecified atom stereocenters. The van der Waals surface area contributed by atoms with Crippen LogP contribution in [0.2, 0.25) is 0 Å². The standard InChI is InChI=1S/C34H37N3O4/c1-39-31-19-18-25(23-32(31)40-2)24-34(38)35-20-9-3-4-17-33-36-28-14-7-8-15-29(28)37(33)21-22-41-30-16-10-12-26-11-5-6-13-27(26)30/h5-8,10-16,18-19,23H,3-4,9,17,20-22,24H2,1-2H3,(H,35,38). The van der Waals surface area contributed by atoms with Crippen LogP contribution in [0.5, 0.6) is 17.2 Å². The lowest BCUT2D eigenvalue weighted by Gasteiger charge is -2.12. The molecule has 0 radical (unpaired) electrons. The molecule has 7 heteroatoms. The van der Waals surface area contributed by atoms with Crippen LogP contribution in [-0.2, 0) is 24.2 Å². The van der Waals surface area contributed by atoms with Crippen molar-refractivity contribution < 1.29 is 19.0 Å². The van der Waals surface area contributed by atoms with E-state index in [-0.39, 0.29) is 5.91 Å². The van der Waals surface area contributed by atoms with Gasteiger partial charge in [-0.05, 0) is 54.1 Å². The van der Waals surface area contributed by atoms with Gasteiger partial charge in [-0.3, -0.25) is 4.79 Å². The Morgan fingerprint density at radius 2 is 1.63 bits per heavy atom. The number of para-hydroxylation sites is 2. The topological polar surface area (TPSA) is 74.6 Å². The zero-order valence-corrected chi connectivity index (χ0v) is 23.8. The fourth-order valence-corrected chi connectivity index (χ4v) is 5.19. The first-order valence-electron chi connectivity index (χ1n) is 14.2. The number of rotatable bonds is 14. The van der Waals surface area contributed by atoms with Crippen LogP contribution in [0.1, 0.15) is 30.7 Å². The second-order valence-electron chi connectivity index (χ2n) is 10.0. The largest absolute Gasteiger partial charge is 0.493 e. The smallest absolute Gasteiger partial charge is 0.224 e. The Bertz CT molecular complexity index is 1610. The average Bonchev–Trinajstić information content (AvgIpc) is 3.36. The summed E-state index contributed by atoms with van der Waals surface area (Å²) < 4.78 is 19.1. The maximum absolute atomic E-state index is 12.4. The van der Waals surface area contributed by atoms with E-state index in [1.165, 1.54) is 5.39 Å². The summed E-state index contributed by atoms with van der Waals surface area (Å²) in [7, 11) is 3.19. The van der Waals surface area contributed by atoms with Gasteiger partial charge in [-0.15, -0.1) is 0 Å². The fraction of sp³-hybridized carbons (Fsp3) is 0.294. The summed E-state index contributed by atoms with van der Waals surface area (Å²) in [6.07, 6.45) is 4.11. The van der Waals surface area contributed by atoms with Gasteiger partial charge in [0.15, 0.2) is 11.5 Å². The monoisotopic (exact) mass is 551 g/mol. The van der Waals surface area contributed by atoms with Gasteiger partial charge in [0.05, 0.1) is 38.2 Å². The minimum absolute atomic E-state index is 0.00482. The lowest BCUT2D eigenvalue weighted by Crippen LogP contribution is -2.26. The van der Waals surface area contributed by atoms with Gasteiger partial charge in [-0.1, -0.05) is 61.0 Å². The SMILES string of the molecule is COc1ccc(CC(=O)NCCCCCc2nc3ccccc3n2CCOc2cccc3ccccc23)cc1OC. The van der Waals surface area contributed by atoms with Gasteiger partial charge in [0.2, 0.25) is 5.91 Å². The lowest BCUT2D eigenvalue weighted by atomic mass is 10.1. The van der Waals surface area contributed by atoms with Gasteiger partial charge in [0, 0.05) is 18.4 Å². The van der Waals surface area contributed by atoms with E-state index in [1.807, 2.05) is 48.5 Å². The molecule has 4 aromatic carbocycles. The van der Waals surface area contributed by atoms with Gasteiger partial charge in [-0.25, -0.2) is 4.98 Å². The molecule has 1 N–H and O–H groups in total. The first-order chi connectivity index (χ1) is 20.2. The Morgan fingerprint density at radius 1 is 0.829 bits per heavy atom. The van der Waals surface area contributed by atoms with Crippen LogP contribution in [0.4, 0.5) is 0 Å². The highest BCUT2D eigenvalue weighted by molar-refractivity contribution is 5.88. The Hall–Kier alpha value is -4.52. The average molecular weight is 552 g/mol. The molecule has 1 amide bonds. The van der Waals surface area contributed by atoms with Crippen LogP contribution < -0.4 is 19.5 Å². The minimum atomic E-state index is 0.00482. The second-order valence-corrected chi connectivity index (χ2v) is 10.0. The molecule has 0 spiro atoms. The molecule has 1 aromatic heterocycles. The molecule has 0 saturated heterocycles. The molecular formula is C34H37N3O4. The predicted molar refractivity (Wildman–Crippen MR) is 163 cm³/mol. The number of aromatic nitrogens is 2. The van der Waals surface area contributed by atoms with E-state index in [2.05, 4.69) is 46.3 Å². The van der Waals surface area contributed by atoms with Crippen LogP contribution in [0.15, 0.2) is 84.9 Å². The number of nitrogens with zero attached hydrogens (tertiary/aromatic N) is 2. The molecule has 41 heavy (non-hydrogen) atoms. The highest BCUT2D eigenvalue weighted by Crippen LogP contribution is 2.28. The minimum Gasteiger partial charge on any atom is -0.493 e. The molecule has 5 rings (SSSR count). The van der Waals surface area contributed by atoms with Crippen LogP contribution in [0.3, 0.4) is 0 Å². The quantitative estimate of drug-likeness (QED) is 0.163. The van der Waals surface area contributed by atoms with Crippen molar-refractivity contribution in [1.29, 1.82) is 0 Å². The first-order valence-corrected chi connectivity index (χ1v) is 14.2. The molecule has 0 aliphatic heterocycles. The van der Waals surface area contributed by atoms with Crippen LogP contribution in [0, 0.1) is 0 Å². The zero-order chi connectivity index (χ0) is 28.4. The number of benzene rings is 4. The summed E-state index contributed by atoms with van der Waals surface area (Å²) in [6.45, 7) is 1.94. The molecule has 0 aliphatic carbocycles. The molecule has 5 aromatic rings. The summed E-state index contributed by atoms with van der Waals surface area (Å²) in [6, 6.07) is 28.3. The van der Waals surface area contributed by atoms with Crippen molar-refractivity contribution in [1.82, 2.24) is 14.9 Å². The van der Waals surface area contributed by atoms with Crippen LogP contribution >= 0.6 is 0 Å². The van der Waals surface area contributed by atoms with Gasteiger partial charge in [0.1, 0.15) is 18.2 Å². The number of carbonyl (C=O) groups excluding carboxylic acids is 1. The van der Waals surface area contributed by atoms with Crippen molar-refractivity contribution in [3.63, 3.8) is 0 Å². The number of nitrogens with one attached hydrogen (secondary N) is 1. The van der Waals surface area contributed by atoms with Crippen molar-refractivity contribution >= 4 is 27.7 Å². The second kappa shape index (κ2) is 13.7. The lowest BCUT2D eigenvalue weighted by molar-refractivity contribution is -0.120. The molecule has 0 bridgehead atoms. The van der Waals surface area contributed by atoms with Gasteiger partial charge >= 0.3 is 0 Å². The number of unbranched alkanes of at least 4 members (excludes halogenated alkanes) is 2. The molecule has 0 atom stereocenters. The summed E-state index contributed by atoms with van der Waals surface area (Å²) in [5, 5.41) is 5.34. The van der Waals surface area contributed by atoms with E-state index in [0.29, 0.717) is 31.1 Å². The van der Waals surface area contributed by atoms with Gasteiger partial charge < -0.3 is 24.1 Å². The highest BCUT2D eigenvalue weighted by atomic mass is 16.5. The van der Waals surface area contributed by atoms with Crippen molar-refractivity contribution in [2.75, 3.05) is 27.4 Å². The van der Waals surface area contributed by atoms with E-state index in [0.717, 1.165) is 65.8 Å². The Kier molecular flexibility index (Phi) is 9.37. The first kappa shape index (κ1) is 28.0. The van der Waals surface area contributed by atoms with E-state index in [4.69, 9.17) is 19.2 Å². The summed E-state index contributed by atoms with van der Waals surface area (Å²) >= 11 is 0. The van der Waals surface area contributed by atoms with Crippen molar-refractivity contribution in [2.45, 2.75) is 38.6 Å². The Balaban J connectivity index is 1.10. The number of fused-ring (bicyclic) bond motifs is 2. The van der Waals surface area contributed by atoms with E-state index in [9.17, 15) is 4.79 Å². The number of hydrogen-bond donors (Lipinski definition) is 1. The summed E-state index contributed by atoms with van der Waals surface area (Å²) in [5.74, 6) is 3.27. The zero-order valence-electron chi connectivity index (χ0n) is 23.8. The highest BCUT2D eigenvalue weighted by Gasteiger charge is 2.12. The van der Waals surface area contributed by atoms with Crippen LogP contribution in [0.25, 0.3) is 21.8 Å². The maximum Gasteiger partial charge on any atom is 0.224 e. The van der Waals surface area contributed by atoms with E-state index >= 15 is 0 Å². The van der Waals surface area contributed by atoms with Gasteiger partial charge in [-0.2, -0.15) is 0 Å². The molecular weight excluding hydrogens is 514 g/mol. The third-order valence-corrected chi connectivity index (χ3v) is 7.27. The number of imidazole rings is 1. The maximum atomic E-state index is 12.4. The Labute approximate surface area is 241 Å². The summed E-state index contributed by atoms with van der Waals surface area (Å²) in [5.41, 5.74) is 3.03. The van der Waals surface area contributed by atoms with Crippen molar-refractivity contribution in [2.24, 2.45) is 0 Å². The van der Waals surface area contributed by atoms with E-state index in [1.54, 1.807) is 14.2 Å². The molecule has 0 saturated carbocycles. The predicted octanol–water partition coefficient (Wildman–Crippen LogP) is 6.36. The van der Waals surface area contributed by atoms with Crippen molar-refractivity contribution in [3.05, 3.63) is 96.3 Å². The number of ether oxygens (including phenoxy) is 3. The molecule has 212 valence electrons. The number of amides is 1. The number of methoxy groups -OCH3 is 2. The van der Waals surface area contributed by atoms with Crippen LogP contribution in [-0.4, -0.2) is 42.8 Å². The fourth-order valence-electron chi connectivity index (χ4n) is 5.19. The normalized spacial score (nSPS) is 11.1. The number of aryl methyl sites for hydroxylation is 1. The van der Waals surface area contributed by atoms with Crippen molar-refractivity contribution in [3.8, 4) is 17.2 Å². The number of carbonyl (C=O) groups is 1. The third kappa shape index (κ3) is 6.98.